The number of nitrogens with one attached hydrogen (secondary N) is 1. The molecule has 1 unspecified atom stereocenters. The van der Waals surface area contributed by atoms with E-state index in [0.717, 1.165) is 24.6 Å². The summed E-state index contributed by atoms with van der Waals surface area (Å²) in [5.41, 5.74) is 0.0867. The molecule has 19 heavy (non-hydrogen) atoms. The Balaban J connectivity index is 1.94. The second-order valence-corrected chi connectivity index (χ2v) is 5.51. The molecule has 1 aromatic carbocycles. The third kappa shape index (κ3) is 3.85. The first-order valence-electron chi connectivity index (χ1n) is 6.80. The molecule has 0 bridgehead atoms. The molecule has 0 amide bonds. The van der Waals surface area contributed by atoms with Gasteiger partial charge in [-0.25, -0.2) is 0 Å². The Morgan fingerprint density at radius 2 is 1.89 bits per heavy atom. The van der Waals surface area contributed by atoms with Crippen molar-refractivity contribution in [2.45, 2.75) is 18.4 Å². The normalized spacial score (nSPS) is 22.7. The first kappa shape index (κ1) is 14.2. The van der Waals surface area contributed by atoms with Gasteiger partial charge in [0.05, 0.1) is 12.6 Å². The number of likely N-dealkylation sites (N-methyl/N-ethyl adjacent to an activating group) is 1. The highest BCUT2D eigenvalue weighted by Crippen LogP contribution is 2.23. The Kier molecular flexibility index (Phi) is 4.66. The number of rotatable bonds is 6. The summed E-state index contributed by atoms with van der Waals surface area (Å²) >= 11 is 0. The fourth-order valence-electron chi connectivity index (χ4n) is 2.67. The smallest absolute Gasteiger partial charge is 0.119 e. The molecule has 0 aromatic heterocycles. The van der Waals surface area contributed by atoms with E-state index in [2.05, 4.69) is 24.3 Å². The standard InChI is InChI=1S/C15H24N2O2/c1-17(2)11-15(9-4-10-16-15)12-19-14-7-5-13(18-3)6-8-14/h5-8,16H,4,9-12H2,1-3H3. The predicted molar refractivity (Wildman–Crippen MR) is 77.0 cm³/mol. The quantitative estimate of drug-likeness (QED) is 0.849. The van der Waals surface area contributed by atoms with Crippen molar-refractivity contribution in [3.05, 3.63) is 24.3 Å². The summed E-state index contributed by atoms with van der Waals surface area (Å²) in [5, 5.41) is 3.60. The highest BCUT2D eigenvalue weighted by molar-refractivity contribution is 5.31. The maximum absolute atomic E-state index is 5.95. The van der Waals surface area contributed by atoms with Crippen LogP contribution >= 0.6 is 0 Å². The van der Waals surface area contributed by atoms with Crippen molar-refractivity contribution in [1.29, 1.82) is 0 Å². The highest BCUT2D eigenvalue weighted by Gasteiger charge is 2.34. The zero-order valence-corrected chi connectivity index (χ0v) is 12.1. The number of ether oxygens (including phenoxy) is 2. The number of nitrogens with zero attached hydrogens (tertiary/aromatic N) is 1. The van der Waals surface area contributed by atoms with Gasteiger partial charge in [0.25, 0.3) is 0 Å². The van der Waals surface area contributed by atoms with Crippen LogP contribution in [-0.4, -0.2) is 51.3 Å². The molecule has 106 valence electrons. The minimum atomic E-state index is 0.0867. The van der Waals surface area contributed by atoms with Crippen LogP contribution in [0, 0.1) is 0 Å². The summed E-state index contributed by atoms with van der Waals surface area (Å²) in [4.78, 5) is 2.22. The molecule has 2 rings (SSSR count). The third-order valence-corrected chi connectivity index (χ3v) is 3.53. The highest BCUT2D eigenvalue weighted by atomic mass is 16.5. The molecule has 1 aliphatic rings. The SMILES string of the molecule is COc1ccc(OCC2(CN(C)C)CCCN2)cc1. The van der Waals surface area contributed by atoms with E-state index in [4.69, 9.17) is 9.47 Å². The molecule has 4 heteroatoms. The van der Waals surface area contributed by atoms with Crippen LogP contribution in [0.25, 0.3) is 0 Å². The first-order valence-corrected chi connectivity index (χ1v) is 6.80. The van der Waals surface area contributed by atoms with Gasteiger partial charge in [0.1, 0.15) is 18.1 Å². The molecule has 4 nitrogen and oxygen atoms in total. The fraction of sp³-hybridized carbons (Fsp3) is 0.600. The van der Waals surface area contributed by atoms with Gasteiger partial charge >= 0.3 is 0 Å². The summed E-state index contributed by atoms with van der Waals surface area (Å²) < 4.78 is 11.1. The van der Waals surface area contributed by atoms with Crippen molar-refractivity contribution in [3.8, 4) is 11.5 Å². The van der Waals surface area contributed by atoms with Crippen LogP contribution in [0.15, 0.2) is 24.3 Å². The van der Waals surface area contributed by atoms with Crippen LogP contribution in [0.2, 0.25) is 0 Å². The number of hydrogen-bond donors (Lipinski definition) is 1. The zero-order chi connectivity index (χ0) is 13.7. The summed E-state index contributed by atoms with van der Waals surface area (Å²) in [6.07, 6.45) is 2.39. The van der Waals surface area contributed by atoms with Gasteiger partial charge in [-0.05, 0) is 57.7 Å². The van der Waals surface area contributed by atoms with E-state index in [1.807, 2.05) is 24.3 Å². The van der Waals surface area contributed by atoms with Crippen molar-refractivity contribution >= 4 is 0 Å². The van der Waals surface area contributed by atoms with Gasteiger partial charge in [-0.1, -0.05) is 0 Å². The van der Waals surface area contributed by atoms with Gasteiger partial charge in [-0.15, -0.1) is 0 Å². The lowest BCUT2D eigenvalue weighted by Gasteiger charge is -2.32. The lowest BCUT2D eigenvalue weighted by molar-refractivity contribution is 0.160. The maximum Gasteiger partial charge on any atom is 0.119 e. The number of hydrogen-bond acceptors (Lipinski definition) is 4. The van der Waals surface area contributed by atoms with Crippen LogP contribution in [0.4, 0.5) is 0 Å². The second kappa shape index (κ2) is 6.26. The summed E-state index contributed by atoms with van der Waals surface area (Å²) in [6, 6.07) is 7.76. The zero-order valence-electron chi connectivity index (χ0n) is 12.1. The van der Waals surface area contributed by atoms with E-state index in [-0.39, 0.29) is 5.54 Å². The summed E-state index contributed by atoms with van der Waals surface area (Å²) in [6.45, 7) is 2.79. The summed E-state index contributed by atoms with van der Waals surface area (Å²) in [5.74, 6) is 1.75. The molecule has 1 fully saturated rings. The van der Waals surface area contributed by atoms with Crippen molar-refractivity contribution in [1.82, 2.24) is 10.2 Å². The minimum absolute atomic E-state index is 0.0867. The Morgan fingerprint density at radius 1 is 1.21 bits per heavy atom. The Labute approximate surface area is 115 Å². The number of methoxy groups -OCH3 is 1. The van der Waals surface area contributed by atoms with Crippen molar-refractivity contribution in [2.24, 2.45) is 0 Å². The van der Waals surface area contributed by atoms with Crippen LogP contribution in [0.5, 0.6) is 11.5 Å². The molecule has 1 saturated heterocycles. The molecule has 1 aromatic rings. The van der Waals surface area contributed by atoms with Crippen molar-refractivity contribution in [2.75, 3.05) is 40.9 Å². The molecule has 1 heterocycles. The van der Waals surface area contributed by atoms with Gasteiger partial charge in [0, 0.05) is 6.54 Å². The predicted octanol–water partition coefficient (Wildman–Crippen LogP) is 1.76. The molecule has 0 spiro atoms. The molecule has 0 radical (unpaired) electrons. The van der Waals surface area contributed by atoms with Crippen molar-refractivity contribution in [3.63, 3.8) is 0 Å². The fourth-order valence-corrected chi connectivity index (χ4v) is 2.67. The van der Waals surface area contributed by atoms with E-state index in [1.165, 1.54) is 12.8 Å². The molecular formula is C15H24N2O2. The molecule has 1 atom stereocenters. The first-order chi connectivity index (χ1) is 9.13. The minimum Gasteiger partial charge on any atom is -0.497 e. The Morgan fingerprint density at radius 3 is 2.42 bits per heavy atom. The second-order valence-electron chi connectivity index (χ2n) is 5.51. The van der Waals surface area contributed by atoms with Gasteiger partial charge in [-0.2, -0.15) is 0 Å². The topological polar surface area (TPSA) is 33.7 Å². The molecule has 0 saturated carbocycles. The molecule has 0 aliphatic carbocycles. The Hall–Kier alpha value is -1.26. The van der Waals surface area contributed by atoms with E-state index in [1.54, 1.807) is 7.11 Å². The van der Waals surface area contributed by atoms with Crippen LogP contribution in [0.1, 0.15) is 12.8 Å². The lowest BCUT2D eigenvalue weighted by atomic mass is 9.98. The van der Waals surface area contributed by atoms with E-state index < -0.39 is 0 Å². The van der Waals surface area contributed by atoms with Crippen LogP contribution in [-0.2, 0) is 0 Å². The summed E-state index contributed by atoms with van der Waals surface area (Å²) in [7, 11) is 5.88. The van der Waals surface area contributed by atoms with Gasteiger partial charge in [0.15, 0.2) is 0 Å². The molecule has 1 N–H and O–H groups in total. The molecular weight excluding hydrogens is 240 g/mol. The largest absolute Gasteiger partial charge is 0.497 e. The lowest BCUT2D eigenvalue weighted by Crippen LogP contribution is -2.52. The monoisotopic (exact) mass is 264 g/mol. The molecule has 1 aliphatic heterocycles. The average molecular weight is 264 g/mol. The Bertz CT molecular complexity index is 384. The van der Waals surface area contributed by atoms with Crippen molar-refractivity contribution < 1.29 is 9.47 Å². The number of benzene rings is 1. The van der Waals surface area contributed by atoms with Gasteiger partial charge in [0.2, 0.25) is 0 Å². The van der Waals surface area contributed by atoms with Gasteiger partial charge < -0.3 is 19.7 Å². The van der Waals surface area contributed by atoms with Gasteiger partial charge in [-0.3, -0.25) is 0 Å². The average Bonchev–Trinajstić information content (AvgIpc) is 2.85. The van der Waals surface area contributed by atoms with E-state index >= 15 is 0 Å². The maximum atomic E-state index is 5.95. The van der Waals surface area contributed by atoms with E-state index in [9.17, 15) is 0 Å². The van der Waals surface area contributed by atoms with Crippen LogP contribution in [0.3, 0.4) is 0 Å². The van der Waals surface area contributed by atoms with E-state index in [0.29, 0.717) is 6.61 Å². The van der Waals surface area contributed by atoms with Crippen LogP contribution < -0.4 is 14.8 Å². The third-order valence-electron chi connectivity index (χ3n) is 3.53.